The fraction of sp³-hybridized carbons (Fsp3) is 0.304. The molecular weight excluding hydrogens is 496 g/mol. The monoisotopic (exact) mass is 514 g/mol. The Labute approximate surface area is 198 Å². The molecule has 3 aliphatic heterocycles. The first kappa shape index (κ1) is 21.1. The average Bonchev–Trinajstić information content (AvgIpc) is 3.19. The number of para-hydroxylation sites is 1. The molecule has 0 radical (unpaired) electrons. The van der Waals surface area contributed by atoms with Crippen LogP contribution < -0.4 is 15.0 Å². The zero-order chi connectivity index (χ0) is 22.8. The largest absolute Gasteiger partial charge is 0.465 e. The normalized spacial score (nSPS) is 27.5. The summed E-state index contributed by atoms with van der Waals surface area (Å²) < 4.78 is 11.7. The lowest BCUT2D eigenvalue weighted by Gasteiger charge is -2.39. The van der Waals surface area contributed by atoms with Crippen molar-refractivity contribution in [1.29, 1.82) is 0 Å². The number of amides is 1. The molecule has 1 spiro atoms. The van der Waals surface area contributed by atoms with Gasteiger partial charge in [-0.3, -0.25) is 9.59 Å². The molecule has 0 unspecified atom stereocenters. The molecule has 32 heavy (non-hydrogen) atoms. The molecule has 2 aromatic carbocycles. The second-order valence-corrected chi connectivity index (χ2v) is 9.19. The van der Waals surface area contributed by atoms with Crippen molar-refractivity contribution in [2.24, 2.45) is 5.41 Å². The smallest absolute Gasteiger partial charge is 0.336 e. The molecule has 164 valence electrons. The first-order valence-electron chi connectivity index (χ1n) is 10.3. The van der Waals surface area contributed by atoms with Gasteiger partial charge < -0.3 is 19.7 Å². The first-order chi connectivity index (χ1) is 15.3. The van der Waals surface area contributed by atoms with Crippen LogP contribution >= 0.6 is 28.1 Å². The summed E-state index contributed by atoms with van der Waals surface area (Å²) >= 11 is 9.10. The number of benzene rings is 2. The van der Waals surface area contributed by atoms with E-state index in [-0.39, 0.29) is 23.3 Å². The van der Waals surface area contributed by atoms with Gasteiger partial charge in [0.2, 0.25) is 5.41 Å². The fourth-order valence-electron chi connectivity index (χ4n) is 5.23. The number of likely N-dealkylation sites (N-methyl/N-ethyl adjacent to an activating group) is 1. The van der Waals surface area contributed by atoms with Crippen LogP contribution in [0.15, 0.2) is 46.9 Å². The topological polar surface area (TPSA) is 84.9 Å². The van der Waals surface area contributed by atoms with Crippen LogP contribution in [0.5, 0.6) is 5.75 Å². The Morgan fingerprint density at radius 3 is 2.72 bits per heavy atom. The van der Waals surface area contributed by atoms with Crippen molar-refractivity contribution in [2.45, 2.75) is 25.3 Å². The second-order valence-electron chi connectivity index (χ2n) is 7.86. The summed E-state index contributed by atoms with van der Waals surface area (Å²) in [5, 5.41) is 3.14. The molecule has 2 aromatic rings. The van der Waals surface area contributed by atoms with Gasteiger partial charge in [-0.15, -0.1) is 0 Å². The van der Waals surface area contributed by atoms with Gasteiger partial charge in [0, 0.05) is 27.8 Å². The van der Waals surface area contributed by atoms with Crippen molar-refractivity contribution in [2.75, 3.05) is 18.1 Å². The number of hydrogen-bond donors (Lipinski definition) is 1. The van der Waals surface area contributed by atoms with Crippen LogP contribution in [-0.2, 0) is 24.7 Å². The molecule has 1 fully saturated rings. The SMILES string of the molecule is CCOC(=O)[C@]12C(=O)Oc3ccc(Br)cc3[C@H]1[C@]1(NC2=S)C(=O)N(CC)c2ccccc21. The summed E-state index contributed by atoms with van der Waals surface area (Å²) in [5.41, 5.74) is -1.53. The average molecular weight is 515 g/mol. The minimum absolute atomic E-state index is 0.0488. The van der Waals surface area contributed by atoms with Crippen LogP contribution in [0.25, 0.3) is 0 Å². The molecule has 1 amide bonds. The standard InChI is InChI=1S/C23H19BrN2O5S/c1-3-26-15-8-6-5-7-14(15)23(19(26)27)17-13-11-12(24)9-10-16(13)31-21(29)22(17,18(32)25-23)20(28)30-4-2/h5-11,17H,3-4H2,1-2H3,(H,25,32)/t17-,22+,23+/m1/s1. The quantitative estimate of drug-likeness (QED) is 0.291. The van der Waals surface area contributed by atoms with Crippen molar-refractivity contribution < 1.29 is 23.9 Å². The van der Waals surface area contributed by atoms with E-state index in [0.29, 0.717) is 27.8 Å². The number of thiocarbonyl (C=S) groups is 1. The van der Waals surface area contributed by atoms with Crippen molar-refractivity contribution in [3.8, 4) is 5.75 Å². The van der Waals surface area contributed by atoms with E-state index >= 15 is 0 Å². The summed E-state index contributed by atoms with van der Waals surface area (Å²) in [5.74, 6) is -2.64. The van der Waals surface area contributed by atoms with Gasteiger partial charge in [-0.05, 0) is 38.1 Å². The number of nitrogens with zero attached hydrogens (tertiary/aromatic N) is 1. The maximum atomic E-state index is 14.0. The molecule has 0 aromatic heterocycles. The highest BCUT2D eigenvalue weighted by Gasteiger charge is 2.77. The molecule has 5 rings (SSSR count). The Hall–Kier alpha value is -2.78. The predicted octanol–water partition coefficient (Wildman–Crippen LogP) is 3.19. The highest BCUT2D eigenvalue weighted by Crippen LogP contribution is 2.63. The van der Waals surface area contributed by atoms with E-state index in [1.54, 1.807) is 30.0 Å². The number of ether oxygens (including phenoxy) is 2. The highest BCUT2D eigenvalue weighted by atomic mass is 79.9. The zero-order valence-corrected chi connectivity index (χ0v) is 19.7. The number of halogens is 1. The van der Waals surface area contributed by atoms with Gasteiger partial charge in [0.05, 0.1) is 12.5 Å². The third kappa shape index (κ3) is 2.35. The lowest BCUT2D eigenvalue weighted by molar-refractivity contribution is -0.164. The molecule has 9 heteroatoms. The summed E-state index contributed by atoms with van der Waals surface area (Å²) in [6, 6.07) is 12.5. The number of nitrogens with one attached hydrogen (secondary N) is 1. The Bertz CT molecular complexity index is 1220. The molecule has 0 saturated carbocycles. The Kier molecular flexibility index (Phi) is 4.69. The van der Waals surface area contributed by atoms with Crippen LogP contribution in [0.1, 0.15) is 30.9 Å². The molecule has 3 heterocycles. The van der Waals surface area contributed by atoms with E-state index in [9.17, 15) is 14.4 Å². The third-order valence-electron chi connectivity index (χ3n) is 6.46. The third-order valence-corrected chi connectivity index (χ3v) is 7.38. The van der Waals surface area contributed by atoms with Gasteiger partial charge in [0.1, 0.15) is 10.7 Å². The van der Waals surface area contributed by atoms with Crippen LogP contribution in [0, 0.1) is 5.41 Å². The number of hydrogen-bond acceptors (Lipinski definition) is 6. The van der Waals surface area contributed by atoms with Gasteiger partial charge in [0.15, 0.2) is 5.54 Å². The molecule has 0 bridgehead atoms. The number of esters is 2. The second kappa shape index (κ2) is 7.11. The fourth-order valence-corrected chi connectivity index (χ4v) is 6.06. The number of carbonyl (C=O) groups is 3. The summed E-state index contributed by atoms with van der Waals surface area (Å²) in [4.78, 5) is 42.5. The molecule has 1 N–H and O–H groups in total. The van der Waals surface area contributed by atoms with Gasteiger partial charge in [-0.1, -0.05) is 46.3 Å². The number of anilines is 1. The highest BCUT2D eigenvalue weighted by molar-refractivity contribution is 9.10. The van der Waals surface area contributed by atoms with Crippen molar-refractivity contribution in [1.82, 2.24) is 5.32 Å². The predicted molar refractivity (Wildman–Crippen MR) is 123 cm³/mol. The van der Waals surface area contributed by atoms with E-state index < -0.39 is 28.8 Å². The number of rotatable bonds is 3. The molecular formula is C23H19BrN2O5S. The Morgan fingerprint density at radius 2 is 2.00 bits per heavy atom. The summed E-state index contributed by atoms with van der Waals surface area (Å²) in [6.07, 6.45) is 0. The van der Waals surface area contributed by atoms with Gasteiger partial charge in [-0.2, -0.15) is 0 Å². The minimum Gasteiger partial charge on any atom is -0.465 e. The van der Waals surface area contributed by atoms with Crippen molar-refractivity contribution in [3.63, 3.8) is 0 Å². The molecule has 7 nitrogen and oxygen atoms in total. The van der Waals surface area contributed by atoms with E-state index in [0.717, 1.165) is 0 Å². The van der Waals surface area contributed by atoms with Crippen molar-refractivity contribution >= 4 is 56.7 Å². The molecule has 3 aliphatic rings. The van der Waals surface area contributed by atoms with Gasteiger partial charge in [-0.25, -0.2) is 4.79 Å². The number of carbonyl (C=O) groups excluding carboxylic acids is 3. The van der Waals surface area contributed by atoms with Crippen LogP contribution in [0.2, 0.25) is 0 Å². The van der Waals surface area contributed by atoms with Crippen LogP contribution in [0.3, 0.4) is 0 Å². The first-order valence-corrected chi connectivity index (χ1v) is 11.5. The molecule has 3 atom stereocenters. The van der Waals surface area contributed by atoms with E-state index in [2.05, 4.69) is 21.2 Å². The lowest BCUT2D eigenvalue weighted by Crippen LogP contribution is -2.55. The van der Waals surface area contributed by atoms with E-state index in [1.165, 1.54) is 0 Å². The van der Waals surface area contributed by atoms with Gasteiger partial charge >= 0.3 is 11.9 Å². The van der Waals surface area contributed by atoms with E-state index in [1.807, 2.05) is 31.2 Å². The maximum Gasteiger partial charge on any atom is 0.336 e. The summed E-state index contributed by atoms with van der Waals surface area (Å²) in [6.45, 7) is 3.99. The van der Waals surface area contributed by atoms with Crippen molar-refractivity contribution in [3.05, 3.63) is 58.1 Å². The Balaban J connectivity index is 1.89. The Morgan fingerprint density at radius 1 is 1.25 bits per heavy atom. The van der Waals surface area contributed by atoms with Crippen LogP contribution in [0.4, 0.5) is 5.69 Å². The summed E-state index contributed by atoms with van der Waals surface area (Å²) in [7, 11) is 0. The van der Waals surface area contributed by atoms with Gasteiger partial charge in [0.25, 0.3) is 5.91 Å². The minimum atomic E-state index is -1.98. The lowest BCUT2D eigenvalue weighted by atomic mass is 9.63. The van der Waals surface area contributed by atoms with Crippen LogP contribution in [-0.4, -0.2) is 36.0 Å². The van der Waals surface area contributed by atoms with E-state index in [4.69, 9.17) is 21.7 Å². The zero-order valence-electron chi connectivity index (χ0n) is 17.3. The maximum absolute atomic E-state index is 14.0. The molecule has 1 saturated heterocycles. The number of fused-ring (bicyclic) bond motifs is 6. The molecule has 0 aliphatic carbocycles.